The van der Waals surface area contributed by atoms with E-state index in [0.717, 1.165) is 11.8 Å². The summed E-state index contributed by atoms with van der Waals surface area (Å²) in [7, 11) is 1.59. The summed E-state index contributed by atoms with van der Waals surface area (Å²) < 4.78 is 18.2. The van der Waals surface area contributed by atoms with Crippen molar-refractivity contribution in [3.05, 3.63) is 65.2 Å². The molecule has 0 aliphatic carbocycles. The van der Waals surface area contributed by atoms with E-state index in [0.29, 0.717) is 17.7 Å². The van der Waals surface area contributed by atoms with Gasteiger partial charge in [0.15, 0.2) is 0 Å². The van der Waals surface area contributed by atoms with E-state index in [-0.39, 0.29) is 0 Å². The number of rotatable bonds is 4. The number of aromatic nitrogens is 1. The van der Waals surface area contributed by atoms with Gasteiger partial charge in [-0.2, -0.15) is 0 Å². The van der Waals surface area contributed by atoms with Crippen molar-refractivity contribution in [1.82, 2.24) is 4.98 Å². The Balaban J connectivity index is 2.36. The molecule has 2 aromatic rings. The molecule has 0 aliphatic heterocycles. The third kappa shape index (κ3) is 2.72. The molecule has 18 heavy (non-hydrogen) atoms. The van der Waals surface area contributed by atoms with E-state index in [1.165, 1.54) is 12.3 Å². The van der Waals surface area contributed by atoms with E-state index in [1.54, 1.807) is 13.2 Å². The summed E-state index contributed by atoms with van der Waals surface area (Å²) in [6, 6.07) is 8.64. The Labute approximate surface area is 105 Å². The van der Waals surface area contributed by atoms with Gasteiger partial charge < -0.3 is 9.84 Å². The van der Waals surface area contributed by atoms with Crippen molar-refractivity contribution in [2.45, 2.75) is 12.7 Å². The van der Waals surface area contributed by atoms with Crippen LogP contribution in [-0.4, -0.2) is 17.2 Å². The second kappa shape index (κ2) is 5.71. The summed E-state index contributed by atoms with van der Waals surface area (Å²) >= 11 is 0. The van der Waals surface area contributed by atoms with Crippen molar-refractivity contribution in [3.63, 3.8) is 0 Å². The SMILES string of the molecule is COCc1ccccc1C(O)c1cncc(F)c1. The van der Waals surface area contributed by atoms with Crippen molar-refractivity contribution in [2.75, 3.05) is 7.11 Å². The fourth-order valence-corrected chi connectivity index (χ4v) is 1.85. The second-order valence-corrected chi connectivity index (χ2v) is 3.97. The summed E-state index contributed by atoms with van der Waals surface area (Å²) in [4.78, 5) is 3.74. The molecule has 1 heterocycles. The molecular weight excluding hydrogens is 233 g/mol. The van der Waals surface area contributed by atoms with Crippen LogP contribution in [0.2, 0.25) is 0 Å². The average molecular weight is 247 g/mol. The van der Waals surface area contributed by atoms with Gasteiger partial charge in [0.05, 0.1) is 12.8 Å². The summed E-state index contributed by atoms with van der Waals surface area (Å²) in [6.45, 7) is 0.399. The molecule has 0 bridgehead atoms. The molecule has 0 aliphatic rings. The van der Waals surface area contributed by atoms with Crippen LogP contribution < -0.4 is 0 Å². The van der Waals surface area contributed by atoms with Gasteiger partial charge in [-0.3, -0.25) is 4.98 Å². The number of ether oxygens (including phenoxy) is 1. The molecule has 3 nitrogen and oxygen atoms in total. The Hall–Kier alpha value is -1.78. The summed E-state index contributed by atoms with van der Waals surface area (Å²) in [5, 5.41) is 10.3. The van der Waals surface area contributed by atoms with Crippen LogP contribution in [0.3, 0.4) is 0 Å². The number of aliphatic hydroxyl groups is 1. The number of aliphatic hydroxyl groups excluding tert-OH is 1. The van der Waals surface area contributed by atoms with Gasteiger partial charge in [0.2, 0.25) is 0 Å². The predicted octanol–water partition coefficient (Wildman–Crippen LogP) is 2.45. The first-order chi connectivity index (χ1) is 8.72. The minimum atomic E-state index is -0.903. The Morgan fingerprint density at radius 2 is 2.11 bits per heavy atom. The van der Waals surface area contributed by atoms with Gasteiger partial charge >= 0.3 is 0 Å². The largest absolute Gasteiger partial charge is 0.384 e. The van der Waals surface area contributed by atoms with Crippen LogP contribution in [0.25, 0.3) is 0 Å². The Morgan fingerprint density at radius 3 is 2.83 bits per heavy atom. The second-order valence-electron chi connectivity index (χ2n) is 3.97. The van der Waals surface area contributed by atoms with Gasteiger partial charge in [-0.25, -0.2) is 4.39 Å². The van der Waals surface area contributed by atoms with Crippen LogP contribution in [0.4, 0.5) is 4.39 Å². The van der Waals surface area contributed by atoms with Crippen molar-refractivity contribution >= 4 is 0 Å². The monoisotopic (exact) mass is 247 g/mol. The molecule has 0 amide bonds. The van der Waals surface area contributed by atoms with E-state index in [2.05, 4.69) is 4.98 Å². The van der Waals surface area contributed by atoms with Crippen LogP contribution in [0, 0.1) is 5.82 Å². The van der Waals surface area contributed by atoms with Gasteiger partial charge in [0.25, 0.3) is 0 Å². The number of pyridine rings is 1. The first kappa shape index (κ1) is 12.7. The molecule has 0 saturated heterocycles. The lowest BCUT2D eigenvalue weighted by Gasteiger charge is -2.15. The van der Waals surface area contributed by atoms with Crippen LogP contribution in [0.15, 0.2) is 42.7 Å². The standard InChI is InChI=1S/C14H14FNO2/c1-18-9-10-4-2-3-5-13(10)14(17)11-6-12(15)8-16-7-11/h2-8,14,17H,9H2,1H3. The molecule has 1 N–H and O–H groups in total. The summed E-state index contributed by atoms with van der Waals surface area (Å²) in [5.41, 5.74) is 2.00. The van der Waals surface area contributed by atoms with E-state index in [4.69, 9.17) is 4.74 Å². The van der Waals surface area contributed by atoms with Crippen molar-refractivity contribution in [1.29, 1.82) is 0 Å². The quantitative estimate of drug-likeness (QED) is 0.902. The van der Waals surface area contributed by atoms with E-state index < -0.39 is 11.9 Å². The van der Waals surface area contributed by atoms with Gasteiger partial charge in [0.1, 0.15) is 11.9 Å². The molecule has 4 heteroatoms. The van der Waals surface area contributed by atoms with Crippen LogP contribution in [0.1, 0.15) is 22.8 Å². The minimum Gasteiger partial charge on any atom is -0.384 e. The fourth-order valence-electron chi connectivity index (χ4n) is 1.85. The maximum absolute atomic E-state index is 13.1. The lowest BCUT2D eigenvalue weighted by Crippen LogP contribution is -2.05. The molecular formula is C14H14FNO2. The fraction of sp³-hybridized carbons (Fsp3) is 0.214. The van der Waals surface area contributed by atoms with E-state index in [9.17, 15) is 9.50 Å². The molecule has 2 rings (SSSR count). The Morgan fingerprint density at radius 1 is 1.33 bits per heavy atom. The van der Waals surface area contributed by atoms with Crippen molar-refractivity contribution in [2.24, 2.45) is 0 Å². The normalized spacial score (nSPS) is 12.4. The zero-order chi connectivity index (χ0) is 13.0. The smallest absolute Gasteiger partial charge is 0.141 e. The lowest BCUT2D eigenvalue weighted by atomic mass is 9.98. The lowest BCUT2D eigenvalue weighted by molar-refractivity contribution is 0.176. The number of benzene rings is 1. The maximum atomic E-state index is 13.1. The molecule has 0 spiro atoms. The van der Waals surface area contributed by atoms with Crippen molar-refractivity contribution in [3.8, 4) is 0 Å². The van der Waals surface area contributed by atoms with Gasteiger partial charge in [-0.15, -0.1) is 0 Å². The highest BCUT2D eigenvalue weighted by Crippen LogP contribution is 2.25. The highest BCUT2D eigenvalue weighted by molar-refractivity contribution is 5.34. The Kier molecular flexibility index (Phi) is 4.02. The Bertz CT molecular complexity index is 531. The van der Waals surface area contributed by atoms with Gasteiger partial charge in [0, 0.05) is 18.9 Å². The molecule has 1 unspecified atom stereocenters. The van der Waals surface area contributed by atoms with E-state index >= 15 is 0 Å². The minimum absolute atomic E-state index is 0.399. The molecule has 1 aromatic heterocycles. The third-order valence-corrected chi connectivity index (χ3v) is 2.69. The number of nitrogens with zero attached hydrogens (tertiary/aromatic N) is 1. The topological polar surface area (TPSA) is 42.4 Å². The molecule has 1 atom stereocenters. The highest BCUT2D eigenvalue weighted by atomic mass is 19.1. The first-order valence-corrected chi connectivity index (χ1v) is 5.57. The maximum Gasteiger partial charge on any atom is 0.141 e. The first-order valence-electron chi connectivity index (χ1n) is 5.57. The zero-order valence-corrected chi connectivity index (χ0v) is 10.0. The van der Waals surface area contributed by atoms with Gasteiger partial charge in [-0.1, -0.05) is 24.3 Å². The average Bonchev–Trinajstić information content (AvgIpc) is 2.39. The molecule has 94 valence electrons. The molecule has 0 fully saturated rings. The number of methoxy groups -OCH3 is 1. The van der Waals surface area contributed by atoms with E-state index in [1.807, 2.05) is 18.2 Å². The predicted molar refractivity (Wildman–Crippen MR) is 65.4 cm³/mol. The van der Waals surface area contributed by atoms with Crippen LogP contribution in [-0.2, 0) is 11.3 Å². The third-order valence-electron chi connectivity index (χ3n) is 2.69. The van der Waals surface area contributed by atoms with Gasteiger partial charge in [-0.05, 0) is 17.2 Å². The highest BCUT2D eigenvalue weighted by Gasteiger charge is 2.15. The molecule has 1 aromatic carbocycles. The summed E-state index contributed by atoms with van der Waals surface area (Å²) in [6.07, 6.45) is 1.66. The number of halogens is 1. The number of hydrogen-bond donors (Lipinski definition) is 1. The van der Waals surface area contributed by atoms with Crippen LogP contribution in [0.5, 0.6) is 0 Å². The molecule has 0 saturated carbocycles. The number of hydrogen-bond acceptors (Lipinski definition) is 3. The zero-order valence-electron chi connectivity index (χ0n) is 10.0. The van der Waals surface area contributed by atoms with Crippen LogP contribution >= 0.6 is 0 Å². The molecule has 0 radical (unpaired) electrons. The summed E-state index contributed by atoms with van der Waals surface area (Å²) in [5.74, 6) is -0.462. The van der Waals surface area contributed by atoms with Crippen molar-refractivity contribution < 1.29 is 14.2 Å².